The topological polar surface area (TPSA) is 50.4 Å². The van der Waals surface area contributed by atoms with Crippen molar-refractivity contribution in [1.29, 1.82) is 0 Å². The van der Waals surface area contributed by atoms with E-state index < -0.39 is 0 Å². The smallest absolute Gasteiger partial charge is 0.249 e. The van der Waals surface area contributed by atoms with Crippen LogP contribution in [0.25, 0.3) is 0 Å². The van der Waals surface area contributed by atoms with Crippen LogP contribution in [-0.4, -0.2) is 25.6 Å². The van der Waals surface area contributed by atoms with E-state index in [-0.39, 0.29) is 11.3 Å². The number of piperidine rings is 1. The summed E-state index contributed by atoms with van der Waals surface area (Å²) in [4.78, 5) is 17.0. The molecule has 1 heterocycles. The Hall–Kier alpha value is -0.610. The highest BCUT2D eigenvalue weighted by atomic mass is 16.6. The van der Waals surface area contributed by atoms with Gasteiger partial charge in [-0.3, -0.25) is 9.63 Å². The van der Waals surface area contributed by atoms with E-state index in [0.717, 1.165) is 38.8 Å². The van der Waals surface area contributed by atoms with Crippen LogP contribution in [0, 0.1) is 5.41 Å². The van der Waals surface area contributed by atoms with E-state index in [9.17, 15) is 4.79 Å². The largest absolute Gasteiger partial charge is 0.317 e. The van der Waals surface area contributed by atoms with Crippen LogP contribution in [-0.2, 0) is 9.63 Å². The number of hydroxylamine groups is 1. The summed E-state index contributed by atoms with van der Waals surface area (Å²) in [6.45, 7) is 6.37. The second-order valence-corrected chi connectivity index (χ2v) is 4.14. The number of carbonyl (C=O) groups excluding carboxylic acids is 1. The fourth-order valence-corrected chi connectivity index (χ4v) is 2.22. The number of amides is 1. The minimum atomic E-state index is -0.199. The standard InChI is InChI=1S/C11H22N2O2/c1-3-5-11(6-8-12-9-7-11)10(14)13-15-4-2/h12H,3-9H2,1-2H3,(H,13,14). The van der Waals surface area contributed by atoms with Crippen molar-refractivity contribution in [3.8, 4) is 0 Å². The first kappa shape index (κ1) is 12.5. The third-order valence-electron chi connectivity index (χ3n) is 3.08. The molecule has 88 valence electrons. The molecule has 1 fully saturated rings. The zero-order valence-electron chi connectivity index (χ0n) is 9.77. The van der Waals surface area contributed by atoms with E-state index in [4.69, 9.17) is 4.84 Å². The van der Waals surface area contributed by atoms with Crippen molar-refractivity contribution in [3.63, 3.8) is 0 Å². The van der Waals surface area contributed by atoms with Crippen LogP contribution in [0.3, 0.4) is 0 Å². The molecule has 0 aromatic carbocycles. The number of carbonyl (C=O) groups is 1. The lowest BCUT2D eigenvalue weighted by Crippen LogP contribution is -2.47. The summed E-state index contributed by atoms with van der Waals surface area (Å²) in [5.74, 6) is 0.0627. The summed E-state index contributed by atoms with van der Waals surface area (Å²) >= 11 is 0. The Kier molecular flexibility index (Phi) is 5.05. The van der Waals surface area contributed by atoms with E-state index in [0.29, 0.717) is 6.61 Å². The summed E-state index contributed by atoms with van der Waals surface area (Å²) in [5.41, 5.74) is 2.36. The number of hydrogen-bond acceptors (Lipinski definition) is 3. The molecule has 1 amide bonds. The van der Waals surface area contributed by atoms with Crippen molar-refractivity contribution in [2.75, 3.05) is 19.7 Å². The first-order valence-corrected chi connectivity index (χ1v) is 5.88. The van der Waals surface area contributed by atoms with Gasteiger partial charge in [-0.15, -0.1) is 0 Å². The summed E-state index contributed by atoms with van der Waals surface area (Å²) in [6.07, 6.45) is 3.83. The van der Waals surface area contributed by atoms with Gasteiger partial charge in [-0.1, -0.05) is 13.3 Å². The molecule has 0 atom stereocenters. The summed E-state index contributed by atoms with van der Waals surface area (Å²) in [7, 11) is 0. The van der Waals surface area contributed by atoms with Crippen molar-refractivity contribution >= 4 is 5.91 Å². The molecule has 0 unspecified atom stereocenters. The third kappa shape index (κ3) is 3.18. The normalized spacial score (nSPS) is 19.9. The molecule has 1 saturated heterocycles. The molecule has 4 heteroatoms. The predicted octanol–water partition coefficient (Wildman–Crippen LogP) is 1.22. The Morgan fingerprint density at radius 3 is 2.60 bits per heavy atom. The van der Waals surface area contributed by atoms with Crippen molar-refractivity contribution in [2.45, 2.75) is 39.5 Å². The quantitative estimate of drug-likeness (QED) is 0.677. The first-order chi connectivity index (χ1) is 7.25. The molecule has 0 bridgehead atoms. The molecule has 1 rings (SSSR count). The van der Waals surface area contributed by atoms with Gasteiger partial charge in [0.2, 0.25) is 5.91 Å². The summed E-state index contributed by atoms with van der Waals surface area (Å²) in [5, 5.41) is 3.29. The van der Waals surface area contributed by atoms with Gasteiger partial charge in [-0.05, 0) is 39.3 Å². The lowest BCUT2D eigenvalue weighted by Gasteiger charge is -2.35. The van der Waals surface area contributed by atoms with E-state index in [1.54, 1.807) is 0 Å². The highest BCUT2D eigenvalue weighted by Gasteiger charge is 2.38. The van der Waals surface area contributed by atoms with Gasteiger partial charge in [0.05, 0.1) is 12.0 Å². The molecular formula is C11H22N2O2. The lowest BCUT2D eigenvalue weighted by atomic mass is 9.75. The van der Waals surface area contributed by atoms with Gasteiger partial charge in [-0.25, -0.2) is 5.48 Å². The zero-order valence-corrected chi connectivity index (χ0v) is 9.77. The van der Waals surface area contributed by atoms with E-state index >= 15 is 0 Å². The minimum Gasteiger partial charge on any atom is -0.317 e. The van der Waals surface area contributed by atoms with Gasteiger partial charge in [0, 0.05) is 0 Å². The molecule has 2 N–H and O–H groups in total. The molecule has 0 aliphatic carbocycles. The Bertz CT molecular complexity index is 195. The predicted molar refractivity (Wildman–Crippen MR) is 59.2 cm³/mol. The number of nitrogens with one attached hydrogen (secondary N) is 2. The molecule has 15 heavy (non-hydrogen) atoms. The maximum atomic E-state index is 12.0. The lowest BCUT2D eigenvalue weighted by molar-refractivity contribution is -0.146. The van der Waals surface area contributed by atoms with Crippen LogP contribution < -0.4 is 10.8 Å². The zero-order chi connectivity index (χ0) is 11.1. The average molecular weight is 214 g/mol. The van der Waals surface area contributed by atoms with Gasteiger partial charge >= 0.3 is 0 Å². The molecule has 0 radical (unpaired) electrons. The fraction of sp³-hybridized carbons (Fsp3) is 0.909. The Labute approximate surface area is 91.7 Å². The van der Waals surface area contributed by atoms with Crippen molar-refractivity contribution < 1.29 is 9.63 Å². The first-order valence-electron chi connectivity index (χ1n) is 5.88. The molecule has 1 aliphatic heterocycles. The van der Waals surface area contributed by atoms with Gasteiger partial charge in [-0.2, -0.15) is 0 Å². The molecule has 0 aromatic rings. The molecular weight excluding hydrogens is 192 g/mol. The van der Waals surface area contributed by atoms with Crippen LogP contribution in [0.1, 0.15) is 39.5 Å². The second kappa shape index (κ2) is 6.08. The van der Waals surface area contributed by atoms with Crippen LogP contribution in [0.2, 0.25) is 0 Å². The van der Waals surface area contributed by atoms with Crippen LogP contribution in [0.5, 0.6) is 0 Å². The molecule has 1 aliphatic rings. The van der Waals surface area contributed by atoms with E-state index in [1.807, 2.05) is 6.92 Å². The van der Waals surface area contributed by atoms with E-state index in [1.165, 1.54) is 0 Å². The van der Waals surface area contributed by atoms with Crippen LogP contribution >= 0.6 is 0 Å². The Balaban J connectivity index is 2.57. The van der Waals surface area contributed by atoms with Crippen LogP contribution in [0.15, 0.2) is 0 Å². The summed E-state index contributed by atoms with van der Waals surface area (Å²) < 4.78 is 0. The second-order valence-electron chi connectivity index (χ2n) is 4.14. The highest BCUT2D eigenvalue weighted by molar-refractivity contribution is 5.81. The van der Waals surface area contributed by atoms with Crippen LogP contribution in [0.4, 0.5) is 0 Å². The summed E-state index contributed by atoms with van der Waals surface area (Å²) in [6, 6.07) is 0. The van der Waals surface area contributed by atoms with E-state index in [2.05, 4.69) is 17.7 Å². The van der Waals surface area contributed by atoms with Gasteiger partial charge in [0.1, 0.15) is 0 Å². The number of rotatable bonds is 5. The molecule has 0 spiro atoms. The third-order valence-corrected chi connectivity index (χ3v) is 3.08. The van der Waals surface area contributed by atoms with Gasteiger partial charge < -0.3 is 5.32 Å². The average Bonchev–Trinajstić information content (AvgIpc) is 2.27. The van der Waals surface area contributed by atoms with Gasteiger partial charge in [0.15, 0.2) is 0 Å². The monoisotopic (exact) mass is 214 g/mol. The van der Waals surface area contributed by atoms with Crippen molar-refractivity contribution in [1.82, 2.24) is 10.8 Å². The molecule has 0 aromatic heterocycles. The van der Waals surface area contributed by atoms with Crippen molar-refractivity contribution in [3.05, 3.63) is 0 Å². The minimum absolute atomic E-state index is 0.0627. The maximum Gasteiger partial charge on any atom is 0.249 e. The number of hydrogen-bond donors (Lipinski definition) is 2. The highest BCUT2D eigenvalue weighted by Crippen LogP contribution is 2.34. The fourth-order valence-electron chi connectivity index (χ4n) is 2.22. The Morgan fingerprint density at radius 1 is 1.40 bits per heavy atom. The van der Waals surface area contributed by atoms with Gasteiger partial charge in [0.25, 0.3) is 0 Å². The maximum absolute atomic E-state index is 12.0. The Morgan fingerprint density at radius 2 is 2.07 bits per heavy atom. The SMILES string of the molecule is CCCC1(C(=O)NOCC)CCNCC1. The molecule has 0 saturated carbocycles. The molecule has 4 nitrogen and oxygen atoms in total. The van der Waals surface area contributed by atoms with Crippen molar-refractivity contribution in [2.24, 2.45) is 5.41 Å².